The van der Waals surface area contributed by atoms with E-state index in [9.17, 15) is 5.11 Å². The fourth-order valence-electron chi connectivity index (χ4n) is 4.47. The summed E-state index contributed by atoms with van der Waals surface area (Å²) in [6, 6.07) is 6.84. The Morgan fingerprint density at radius 1 is 1.32 bits per heavy atom. The lowest BCUT2D eigenvalue weighted by Crippen LogP contribution is -2.51. The Morgan fingerprint density at radius 2 is 2.18 bits per heavy atom. The molecule has 4 rings (SSSR count). The maximum absolute atomic E-state index is 9.91. The summed E-state index contributed by atoms with van der Waals surface area (Å²) in [5, 5.41) is 9.91. The van der Waals surface area contributed by atoms with Crippen molar-refractivity contribution in [3.05, 3.63) is 29.3 Å². The maximum Gasteiger partial charge on any atom is 0.115 e. The van der Waals surface area contributed by atoms with Gasteiger partial charge < -0.3 is 5.11 Å². The first-order valence-electron chi connectivity index (χ1n) is 8.88. The molecule has 1 N–H and O–H groups in total. The molecule has 120 valence electrons. The Labute approximate surface area is 138 Å². The summed E-state index contributed by atoms with van der Waals surface area (Å²) in [7, 11) is 0. The average Bonchev–Trinajstić information content (AvgIpc) is 3.33. The van der Waals surface area contributed by atoms with Crippen LogP contribution < -0.4 is 0 Å². The molecule has 1 saturated heterocycles. The Balaban J connectivity index is 1.61. The monoisotopic (exact) mass is 317 g/mol. The Kier molecular flexibility index (Phi) is 4.12. The van der Waals surface area contributed by atoms with Gasteiger partial charge in [0.2, 0.25) is 0 Å². The summed E-state index contributed by atoms with van der Waals surface area (Å²) in [5.74, 6) is 5.32. The van der Waals surface area contributed by atoms with E-state index in [-0.39, 0.29) is 0 Å². The van der Waals surface area contributed by atoms with E-state index >= 15 is 0 Å². The largest absolute Gasteiger partial charge is 0.508 e. The van der Waals surface area contributed by atoms with Crippen LogP contribution in [0.4, 0.5) is 0 Å². The molecule has 0 radical (unpaired) electrons. The molecule has 0 aromatic heterocycles. The van der Waals surface area contributed by atoms with Crippen LogP contribution in [0.25, 0.3) is 0 Å². The van der Waals surface area contributed by atoms with E-state index in [1.165, 1.54) is 61.4 Å². The zero-order valence-corrected chi connectivity index (χ0v) is 14.3. The lowest BCUT2D eigenvalue weighted by atomic mass is 9.70. The summed E-state index contributed by atoms with van der Waals surface area (Å²) >= 11 is 2.09. The van der Waals surface area contributed by atoms with Crippen molar-refractivity contribution in [3.63, 3.8) is 0 Å². The minimum Gasteiger partial charge on any atom is -0.508 e. The third-order valence-electron chi connectivity index (χ3n) is 5.79. The van der Waals surface area contributed by atoms with Crippen LogP contribution >= 0.6 is 11.8 Å². The van der Waals surface area contributed by atoms with Gasteiger partial charge in [0, 0.05) is 19.1 Å². The molecule has 1 heterocycles. The van der Waals surface area contributed by atoms with Crippen molar-refractivity contribution >= 4 is 11.8 Å². The molecule has 2 aliphatic carbocycles. The van der Waals surface area contributed by atoms with Crippen LogP contribution in [-0.2, 0) is 6.42 Å². The maximum atomic E-state index is 9.91. The Morgan fingerprint density at radius 3 is 2.95 bits per heavy atom. The van der Waals surface area contributed by atoms with Crippen molar-refractivity contribution in [2.24, 2.45) is 11.8 Å². The quantitative estimate of drug-likeness (QED) is 0.891. The number of rotatable bonds is 5. The van der Waals surface area contributed by atoms with E-state index < -0.39 is 0 Å². The van der Waals surface area contributed by atoms with Gasteiger partial charge >= 0.3 is 0 Å². The number of likely N-dealkylation sites (tertiary alicyclic amines) is 1. The van der Waals surface area contributed by atoms with Crippen molar-refractivity contribution in [1.29, 1.82) is 0 Å². The number of benzene rings is 1. The van der Waals surface area contributed by atoms with Crippen LogP contribution in [0, 0.1) is 11.8 Å². The van der Waals surface area contributed by atoms with E-state index in [1.54, 1.807) is 0 Å². The number of phenolic OH excluding ortho intramolecular Hbond substituents is 1. The topological polar surface area (TPSA) is 23.5 Å². The smallest absolute Gasteiger partial charge is 0.115 e. The molecular formula is C19H27NOS. The molecule has 1 saturated carbocycles. The van der Waals surface area contributed by atoms with Gasteiger partial charge in [0.1, 0.15) is 5.75 Å². The zero-order chi connectivity index (χ0) is 15.1. The van der Waals surface area contributed by atoms with E-state index in [1.807, 2.05) is 6.07 Å². The van der Waals surface area contributed by atoms with Gasteiger partial charge in [-0.2, -0.15) is 11.8 Å². The standard InChI is InChI=1S/C19H27NOS/c1-2-22-12-15-11-20(10-13-3-4-13)16-7-14-5-6-17(21)9-19(14)18(15)8-16/h5-6,9,13,15-16,18,21H,2-4,7-8,10-12H2,1H3/t15-,16+,18-/m0/s1. The van der Waals surface area contributed by atoms with Crippen molar-refractivity contribution in [2.45, 2.75) is 44.6 Å². The van der Waals surface area contributed by atoms with E-state index in [2.05, 4.69) is 35.7 Å². The summed E-state index contributed by atoms with van der Waals surface area (Å²) < 4.78 is 0. The van der Waals surface area contributed by atoms with Crippen LogP contribution in [0.2, 0.25) is 0 Å². The summed E-state index contributed by atoms with van der Waals surface area (Å²) in [5.41, 5.74) is 2.94. The first-order valence-corrected chi connectivity index (χ1v) is 10.0. The number of phenols is 1. The second kappa shape index (κ2) is 6.09. The van der Waals surface area contributed by atoms with Gasteiger partial charge in [-0.25, -0.2) is 0 Å². The van der Waals surface area contributed by atoms with Gasteiger partial charge in [-0.1, -0.05) is 13.0 Å². The van der Waals surface area contributed by atoms with Crippen LogP contribution in [0.3, 0.4) is 0 Å². The SMILES string of the molecule is CCSC[C@@H]1CN(CC2CC2)[C@@H]2Cc3ccc(O)cc3[C@H]1C2. The van der Waals surface area contributed by atoms with E-state index in [0.29, 0.717) is 11.7 Å². The molecule has 0 amide bonds. The number of nitrogens with zero attached hydrogens (tertiary/aromatic N) is 1. The molecule has 22 heavy (non-hydrogen) atoms. The predicted molar refractivity (Wildman–Crippen MR) is 93.7 cm³/mol. The molecule has 2 nitrogen and oxygen atoms in total. The number of hydrogen-bond donors (Lipinski definition) is 1. The first-order chi connectivity index (χ1) is 10.7. The van der Waals surface area contributed by atoms with Gasteiger partial charge in [0.15, 0.2) is 0 Å². The van der Waals surface area contributed by atoms with Gasteiger partial charge in [-0.15, -0.1) is 0 Å². The predicted octanol–water partition coefficient (Wildman–Crippen LogP) is 3.89. The van der Waals surface area contributed by atoms with Crippen LogP contribution in [0.1, 0.15) is 43.2 Å². The molecule has 3 atom stereocenters. The number of aromatic hydroxyl groups is 1. The normalized spacial score (nSPS) is 31.0. The molecule has 1 aromatic carbocycles. The molecule has 2 bridgehead atoms. The molecule has 0 spiro atoms. The average molecular weight is 317 g/mol. The Hall–Kier alpha value is -0.670. The highest BCUT2D eigenvalue weighted by atomic mass is 32.2. The third kappa shape index (κ3) is 2.90. The number of piperidine rings is 1. The molecular weight excluding hydrogens is 290 g/mol. The molecule has 0 unspecified atom stereocenters. The van der Waals surface area contributed by atoms with Crippen molar-refractivity contribution in [3.8, 4) is 5.75 Å². The lowest BCUT2D eigenvalue weighted by molar-refractivity contribution is 0.0841. The number of thioether (sulfide) groups is 1. The highest BCUT2D eigenvalue weighted by Crippen LogP contribution is 2.46. The van der Waals surface area contributed by atoms with E-state index in [0.717, 1.165) is 17.9 Å². The van der Waals surface area contributed by atoms with Crippen molar-refractivity contribution < 1.29 is 5.11 Å². The molecule has 2 fully saturated rings. The zero-order valence-electron chi connectivity index (χ0n) is 13.5. The molecule has 1 aliphatic heterocycles. The first kappa shape index (κ1) is 14.9. The second-order valence-corrected chi connectivity index (χ2v) is 8.72. The van der Waals surface area contributed by atoms with Gasteiger partial charge in [0.05, 0.1) is 0 Å². The minimum atomic E-state index is 0.444. The summed E-state index contributed by atoms with van der Waals surface area (Å²) in [4.78, 5) is 2.81. The fraction of sp³-hybridized carbons (Fsp3) is 0.684. The second-order valence-electron chi connectivity index (χ2n) is 7.40. The van der Waals surface area contributed by atoms with Crippen LogP contribution in [-0.4, -0.2) is 40.6 Å². The number of fused-ring (bicyclic) bond motifs is 4. The minimum absolute atomic E-state index is 0.444. The van der Waals surface area contributed by atoms with Crippen LogP contribution in [0.5, 0.6) is 5.75 Å². The molecule has 1 aromatic rings. The lowest BCUT2D eigenvalue weighted by Gasteiger charge is -2.48. The summed E-state index contributed by atoms with van der Waals surface area (Å²) in [6.45, 7) is 4.87. The Bertz CT molecular complexity index is 542. The third-order valence-corrected chi connectivity index (χ3v) is 6.86. The summed E-state index contributed by atoms with van der Waals surface area (Å²) in [6.07, 6.45) is 5.39. The van der Waals surface area contributed by atoms with Gasteiger partial charge in [-0.3, -0.25) is 4.90 Å². The number of hydrogen-bond acceptors (Lipinski definition) is 3. The van der Waals surface area contributed by atoms with Gasteiger partial charge in [0.25, 0.3) is 0 Å². The van der Waals surface area contributed by atoms with Crippen LogP contribution in [0.15, 0.2) is 18.2 Å². The highest BCUT2D eigenvalue weighted by Gasteiger charge is 2.42. The van der Waals surface area contributed by atoms with Crippen molar-refractivity contribution in [1.82, 2.24) is 4.90 Å². The fourth-order valence-corrected chi connectivity index (χ4v) is 5.34. The highest BCUT2D eigenvalue weighted by molar-refractivity contribution is 7.99. The van der Waals surface area contributed by atoms with Crippen molar-refractivity contribution in [2.75, 3.05) is 24.6 Å². The molecule has 3 aliphatic rings. The van der Waals surface area contributed by atoms with E-state index in [4.69, 9.17) is 0 Å². The van der Waals surface area contributed by atoms with Gasteiger partial charge in [-0.05, 0) is 78.2 Å². The molecule has 3 heteroatoms.